The largest absolute Gasteiger partial charge is 0.326 e. The molecule has 0 aliphatic carbocycles. The van der Waals surface area contributed by atoms with E-state index in [0.29, 0.717) is 36.2 Å². The molecule has 0 aliphatic rings. The van der Waals surface area contributed by atoms with E-state index in [-0.39, 0.29) is 11.8 Å². The molecule has 2 aromatic carbocycles. The first-order valence-corrected chi connectivity index (χ1v) is 11.4. The highest BCUT2D eigenvalue weighted by Gasteiger charge is 2.11. The van der Waals surface area contributed by atoms with Crippen molar-refractivity contribution < 1.29 is 9.59 Å². The number of hydrogen-bond acceptors (Lipinski definition) is 3. The van der Waals surface area contributed by atoms with Gasteiger partial charge in [0.05, 0.1) is 0 Å². The highest BCUT2D eigenvalue weighted by molar-refractivity contribution is 7.99. The standard InChI is InChI=1S/C24H32N2O2S/c1-17(2)19-9-5-7-11-21(19)25-23(27)13-15-29-16-14-24(28)26-22-12-8-6-10-20(22)18(3)4/h5-12,17-18H,13-16H2,1-4H3,(H,25,27)(H,26,28). The van der Waals surface area contributed by atoms with Crippen LogP contribution in [0.4, 0.5) is 11.4 Å². The van der Waals surface area contributed by atoms with Crippen molar-refractivity contribution in [3.8, 4) is 0 Å². The quantitative estimate of drug-likeness (QED) is 0.469. The van der Waals surface area contributed by atoms with Gasteiger partial charge in [0.25, 0.3) is 0 Å². The van der Waals surface area contributed by atoms with Gasteiger partial charge >= 0.3 is 0 Å². The summed E-state index contributed by atoms with van der Waals surface area (Å²) in [5, 5.41) is 6.02. The Morgan fingerprint density at radius 3 is 1.48 bits per heavy atom. The Morgan fingerprint density at radius 2 is 1.10 bits per heavy atom. The van der Waals surface area contributed by atoms with Crippen LogP contribution in [0, 0.1) is 0 Å². The van der Waals surface area contributed by atoms with Crippen LogP contribution in [0.5, 0.6) is 0 Å². The second-order valence-electron chi connectivity index (χ2n) is 7.69. The maximum Gasteiger partial charge on any atom is 0.225 e. The van der Waals surface area contributed by atoms with E-state index in [0.717, 1.165) is 22.5 Å². The number of hydrogen-bond donors (Lipinski definition) is 2. The fraction of sp³-hybridized carbons (Fsp3) is 0.417. The van der Waals surface area contributed by atoms with Gasteiger partial charge in [-0.1, -0.05) is 64.1 Å². The highest BCUT2D eigenvalue weighted by Crippen LogP contribution is 2.25. The lowest BCUT2D eigenvalue weighted by Crippen LogP contribution is -2.15. The first-order valence-electron chi connectivity index (χ1n) is 10.2. The second-order valence-corrected chi connectivity index (χ2v) is 8.92. The van der Waals surface area contributed by atoms with Gasteiger partial charge in [0, 0.05) is 35.7 Å². The zero-order valence-electron chi connectivity index (χ0n) is 17.8. The summed E-state index contributed by atoms with van der Waals surface area (Å²) in [6.07, 6.45) is 0.879. The smallest absolute Gasteiger partial charge is 0.225 e. The Labute approximate surface area is 178 Å². The van der Waals surface area contributed by atoms with E-state index in [1.165, 1.54) is 0 Å². The molecule has 0 fully saturated rings. The number of anilines is 2. The lowest BCUT2D eigenvalue weighted by molar-refractivity contribution is -0.116. The van der Waals surface area contributed by atoms with Crippen LogP contribution < -0.4 is 10.6 Å². The molecule has 0 heterocycles. The SMILES string of the molecule is CC(C)c1ccccc1NC(=O)CCSCCC(=O)Nc1ccccc1C(C)C. The number of para-hydroxylation sites is 2. The molecule has 0 saturated heterocycles. The third kappa shape index (κ3) is 7.58. The van der Waals surface area contributed by atoms with Crippen molar-refractivity contribution in [3.63, 3.8) is 0 Å². The molecule has 0 saturated carbocycles. The fourth-order valence-electron chi connectivity index (χ4n) is 3.09. The number of benzene rings is 2. The summed E-state index contributed by atoms with van der Waals surface area (Å²) in [4.78, 5) is 24.4. The average molecular weight is 413 g/mol. The van der Waals surface area contributed by atoms with Crippen LogP contribution in [-0.4, -0.2) is 23.3 Å². The zero-order valence-corrected chi connectivity index (χ0v) is 18.6. The van der Waals surface area contributed by atoms with Gasteiger partial charge in [-0.15, -0.1) is 0 Å². The Bertz CT molecular complexity index is 751. The summed E-state index contributed by atoms with van der Waals surface area (Å²) in [6, 6.07) is 15.8. The van der Waals surface area contributed by atoms with E-state index in [4.69, 9.17) is 0 Å². The van der Waals surface area contributed by atoms with Crippen molar-refractivity contribution in [1.82, 2.24) is 0 Å². The zero-order chi connectivity index (χ0) is 21.2. The molecule has 29 heavy (non-hydrogen) atoms. The fourth-order valence-corrected chi connectivity index (χ4v) is 3.95. The predicted molar refractivity (Wildman–Crippen MR) is 125 cm³/mol. The number of rotatable bonds is 10. The second kappa shape index (κ2) is 11.7. The molecule has 0 radical (unpaired) electrons. The van der Waals surface area contributed by atoms with Crippen LogP contribution in [0.15, 0.2) is 48.5 Å². The van der Waals surface area contributed by atoms with Crippen molar-refractivity contribution in [2.24, 2.45) is 0 Å². The summed E-state index contributed by atoms with van der Waals surface area (Å²) in [5.74, 6) is 2.15. The Balaban J connectivity index is 1.69. The minimum absolute atomic E-state index is 0.0147. The van der Waals surface area contributed by atoms with Crippen LogP contribution in [-0.2, 0) is 9.59 Å². The number of carbonyl (C=O) groups excluding carboxylic acids is 2. The van der Waals surface area contributed by atoms with Crippen molar-refractivity contribution >= 4 is 35.0 Å². The minimum Gasteiger partial charge on any atom is -0.326 e. The van der Waals surface area contributed by atoms with E-state index in [9.17, 15) is 9.59 Å². The molecule has 0 spiro atoms. The van der Waals surface area contributed by atoms with Crippen LogP contribution >= 0.6 is 11.8 Å². The summed E-state index contributed by atoms with van der Waals surface area (Å²) in [5.41, 5.74) is 4.07. The van der Waals surface area contributed by atoms with E-state index in [1.54, 1.807) is 11.8 Å². The molecule has 0 atom stereocenters. The number of nitrogens with one attached hydrogen (secondary N) is 2. The molecule has 2 aromatic rings. The first-order chi connectivity index (χ1) is 13.9. The summed E-state index contributed by atoms with van der Waals surface area (Å²) in [7, 11) is 0. The monoisotopic (exact) mass is 412 g/mol. The van der Waals surface area contributed by atoms with Gasteiger partial charge in [0.2, 0.25) is 11.8 Å². The van der Waals surface area contributed by atoms with Gasteiger partial charge in [-0.05, 0) is 35.1 Å². The maximum absolute atomic E-state index is 12.2. The molecule has 0 aromatic heterocycles. The van der Waals surface area contributed by atoms with E-state index in [2.05, 4.69) is 38.3 Å². The van der Waals surface area contributed by atoms with E-state index >= 15 is 0 Å². The molecule has 4 nitrogen and oxygen atoms in total. The third-order valence-electron chi connectivity index (χ3n) is 4.66. The first kappa shape index (κ1) is 23.0. The summed E-state index contributed by atoms with van der Waals surface area (Å²) >= 11 is 1.63. The van der Waals surface area contributed by atoms with Crippen molar-refractivity contribution in [1.29, 1.82) is 0 Å². The average Bonchev–Trinajstić information content (AvgIpc) is 2.68. The number of carbonyl (C=O) groups is 2. The highest BCUT2D eigenvalue weighted by atomic mass is 32.2. The molecule has 5 heteroatoms. The Hall–Kier alpha value is -2.27. The summed E-state index contributed by atoms with van der Waals surface area (Å²) in [6.45, 7) is 8.47. The molecule has 2 amide bonds. The van der Waals surface area contributed by atoms with Gasteiger partial charge in [0.15, 0.2) is 0 Å². The normalized spacial score (nSPS) is 11.0. The minimum atomic E-state index is 0.0147. The molecule has 2 rings (SSSR count). The lowest BCUT2D eigenvalue weighted by atomic mass is 10.0. The Morgan fingerprint density at radius 1 is 0.724 bits per heavy atom. The lowest BCUT2D eigenvalue weighted by Gasteiger charge is -2.14. The third-order valence-corrected chi connectivity index (χ3v) is 5.65. The molecule has 2 N–H and O–H groups in total. The van der Waals surface area contributed by atoms with Crippen LogP contribution in [0.2, 0.25) is 0 Å². The van der Waals surface area contributed by atoms with Gasteiger partial charge in [0.1, 0.15) is 0 Å². The van der Waals surface area contributed by atoms with Crippen molar-refractivity contribution in [3.05, 3.63) is 59.7 Å². The van der Waals surface area contributed by atoms with Crippen molar-refractivity contribution in [2.75, 3.05) is 22.1 Å². The van der Waals surface area contributed by atoms with Crippen LogP contribution in [0.1, 0.15) is 63.5 Å². The Kier molecular flexibility index (Phi) is 9.26. The number of thioether (sulfide) groups is 1. The summed E-state index contributed by atoms with van der Waals surface area (Å²) < 4.78 is 0. The van der Waals surface area contributed by atoms with Crippen LogP contribution in [0.3, 0.4) is 0 Å². The van der Waals surface area contributed by atoms with Gasteiger partial charge in [-0.3, -0.25) is 9.59 Å². The molecule has 0 aliphatic heterocycles. The predicted octanol–water partition coefficient (Wildman–Crippen LogP) is 6.02. The van der Waals surface area contributed by atoms with Gasteiger partial charge in [-0.2, -0.15) is 11.8 Å². The van der Waals surface area contributed by atoms with Gasteiger partial charge in [-0.25, -0.2) is 0 Å². The molecular weight excluding hydrogens is 380 g/mol. The number of amides is 2. The van der Waals surface area contributed by atoms with E-state index in [1.807, 2.05) is 48.5 Å². The topological polar surface area (TPSA) is 58.2 Å². The van der Waals surface area contributed by atoms with Crippen LogP contribution in [0.25, 0.3) is 0 Å². The van der Waals surface area contributed by atoms with Gasteiger partial charge < -0.3 is 10.6 Å². The molecule has 0 bridgehead atoms. The van der Waals surface area contributed by atoms with E-state index < -0.39 is 0 Å². The molecule has 156 valence electrons. The van der Waals surface area contributed by atoms with Crippen molar-refractivity contribution in [2.45, 2.75) is 52.4 Å². The molecule has 0 unspecified atom stereocenters. The maximum atomic E-state index is 12.2. The molecular formula is C24H32N2O2S.